The van der Waals surface area contributed by atoms with Crippen molar-refractivity contribution in [2.75, 3.05) is 13.7 Å². The minimum absolute atomic E-state index is 0.0129. The van der Waals surface area contributed by atoms with Gasteiger partial charge in [-0.05, 0) is 17.9 Å². The molecule has 1 fully saturated rings. The van der Waals surface area contributed by atoms with Gasteiger partial charge in [0.2, 0.25) is 11.8 Å². The van der Waals surface area contributed by atoms with Crippen LogP contribution in [0.1, 0.15) is 37.0 Å². The second-order valence-corrected chi connectivity index (χ2v) is 7.72. The Morgan fingerprint density at radius 2 is 1.90 bits per heavy atom. The maximum atomic E-state index is 13.2. The third-order valence-corrected chi connectivity index (χ3v) is 6.16. The highest BCUT2D eigenvalue weighted by atomic mass is 16.5. The zero-order chi connectivity index (χ0) is 21.0. The van der Waals surface area contributed by atoms with Crippen molar-refractivity contribution < 1.29 is 19.4 Å². The maximum absolute atomic E-state index is 13.2. The molecule has 0 saturated carbocycles. The van der Waals surface area contributed by atoms with Gasteiger partial charge in [0.1, 0.15) is 5.69 Å². The van der Waals surface area contributed by atoms with Gasteiger partial charge in [-0.15, -0.1) is 0 Å². The quantitative estimate of drug-likeness (QED) is 0.670. The highest BCUT2D eigenvalue weighted by Gasteiger charge is 2.49. The first-order chi connectivity index (χ1) is 14.5. The number of aromatic hydroxyl groups is 1. The second kappa shape index (κ2) is 6.76. The van der Waals surface area contributed by atoms with Crippen molar-refractivity contribution in [3.63, 3.8) is 0 Å². The SMILES string of the molecule is COC(=O)CCC(=O)N1C[C@H]2CC1c1c(O)n(-c3cccc4ccccc34)c(=O)n12. The van der Waals surface area contributed by atoms with Crippen molar-refractivity contribution in [2.45, 2.75) is 31.3 Å². The lowest BCUT2D eigenvalue weighted by molar-refractivity contribution is -0.144. The molecule has 2 aromatic carbocycles. The number of hydrogen-bond acceptors (Lipinski definition) is 5. The van der Waals surface area contributed by atoms with Gasteiger partial charge in [0.25, 0.3) is 0 Å². The minimum atomic E-state index is -0.436. The largest absolute Gasteiger partial charge is 0.493 e. The summed E-state index contributed by atoms with van der Waals surface area (Å²) in [6, 6.07) is 12.7. The molecule has 0 aliphatic carbocycles. The molecule has 3 heterocycles. The number of carbonyl (C=O) groups is 2. The van der Waals surface area contributed by atoms with Crippen LogP contribution in [0.4, 0.5) is 0 Å². The van der Waals surface area contributed by atoms with Crippen LogP contribution in [0.5, 0.6) is 5.88 Å². The summed E-state index contributed by atoms with van der Waals surface area (Å²) in [5.41, 5.74) is 0.782. The summed E-state index contributed by atoms with van der Waals surface area (Å²) in [7, 11) is 1.29. The van der Waals surface area contributed by atoms with Crippen molar-refractivity contribution in [1.29, 1.82) is 0 Å². The maximum Gasteiger partial charge on any atom is 0.336 e. The predicted octanol–water partition coefficient (Wildman–Crippen LogP) is 2.28. The molecule has 8 nitrogen and oxygen atoms in total. The molecule has 0 spiro atoms. The Hall–Kier alpha value is -3.55. The molecule has 2 atom stereocenters. The number of rotatable bonds is 4. The van der Waals surface area contributed by atoms with Gasteiger partial charge < -0.3 is 14.7 Å². The Morgan fingerprint density at radius 3 is 2.70 bits per heavy atom. The fraction of sp³-hybridized carbons (Fsp3) is 0.318. The number of methoxy groups -OCH3 is 1. The number of aromatic nitrogens is 2. The summed E-state index contributed by atoms with van der Waals surface area (Å²) in [5, 5.41) is 12.9. The minimum Gasteiger partial charge on any atom is -0.493 e. The monoisotopic (exact) mass is 407 g/mol. The number of hydrogen-bond donors (Lipinski definition) is 1. The van der Waals surface area contributed by atoms with Crippen molar-refractivity contribution in [3.8, 4) is 11.6 Å². The van der Waals surface area contributed by atoms with Gasteiger partial charge in [-0.25, -0.2) is 9.36 Å². The summed E-state index contributed by atoms with van der Waals surface area (Å²) >= 11 is 0. The number of esters is 1. The third kappa shape index (κ3) is 2.56. The van der Waals surface area contributed by atoms with E-state index < -0.39 is 5.97 Å². The van der Waals surface area contributed by atoms with Gasteiger partial charge in [0, 0.05) is 18.4 Å². The van der Waals surface area contributed by atoms with E-state index in [1.165, 1.54) is 11.7 Å². The molecule has 1 saturated heterocycles. The molecule has 3 aromatic rings. The molecule has 0 radical (unpaired) electrons. The van der Waals surface area contributed by atoms with Gasteiger partial charge in [0.05, 0.1) is 31.3 Å². The number of nitrogens with zero attached hydrogens (tertiary/aromatic N) is 3. The Bertz CT molecular complexity index is 1240. The van der Waals surface area contributed by atoms with E-state index in [0.717, 1.165) is 10.8 Å². The summed E-state index contributed by atoms with van der Waals surface area (Å²) in [6.45, 7) is 0.399. The zero-order valence-corrected chi connectivity index (χ0v) is 16.4. The topological polar surface area (TPSA) is 93.8 Å². The van der Waals surface area contributed by atoms with E-state index in [0.29, 0.717) is 24.3 Å². The van der Waals surface area contributed by atoms with Gasteiger partial charge in [0.15, 0.2) is 0 Å². The lowest BCUT2D eigenvalue weighted by Crippen LogP contribution is -2.38. The molecule has 2 bridgehead atoms. The molecule has 8 heteroatoms. The van der Waals surface area contributed by atoms with Gasteiger partial charge >= 0.3 is 11.7 Å². The normalized spacial score (nSPS) is 19.3. The molecule has 1 aromatic heterocycles. The van der Waals surface area contributed by atoms with Crippen LogP contribution < -0.4 is 5.69 Å². The average Bonchev–Trinajstić information content (AvgIpc) is 3.43. The molecule has 1 N–H and O–H groups in total. The zero-order valence-electron chi connectivity index (χ0n) is 16.4. The fourth-order valence-electron chi connectivity index (χ4n) is 4.80. The second-order valence-electron chi connectivity index (χ2n) is 7.72. The van der Waals surface area contributed by atoms with Crippen LogP contribution in [0.25, 0.3) is 16.5 Å². The van der Waals surface area contributed by atoms with Crippen LogP contribution in [0, 0.1) is 0 Å². The van der Waals surface area contributed by atoms with Crippen LogP contribution in [0.15, 0.2) is 47.3 Å². The lowest BCUT2D eigenvalue weighted by Gasteiger charge is -2.27. The van der Waals surface area contributed by atoms with E-state index in [9.17, 15) is 19.5 Å². The number of amides is 1. The number of benzene rings is 2. The van der Waals surface area contributed by atoms with Crippen molar-refractivity contribution >= 4 is 22.6 Å². The molecular weight excluding hydrogens is 386 g/mol. The molecule has 30 heavy (non-hydrogen) atoms. The summed E-state index contributed by atoms with van der Waals surface area (Å²) in [5.74, 6) is -0.743. The molecule has 2 aliphatic heterocycles. The molecular formula is C22H21N3O5. The van der Waals surface area contributed by atoms with Crippen LogP contribution >= 0.6 is 0 Å². The van der Waals surface area contributed by atoms with Crippen LogP contribution in [0.2, 0.25) is 0 Å². The number of fused-ring (bicyclic) bond motifs is 6. The molecule has 154 valence electrons. The van der Waals surface area contributed by atoms with Crippen molar-refractivity contribution in [3.05, 3.63) is 58.6 Å². The summed E-state index contributed by atoms with van der Waals surface area (Å²) in [4.78, 5) is 38.9. The number of ether oxygens (including phenoxy) is 1. The average molecular weight is 407 g/mol. The van der Waals surface area contributed by atoms with E-state index >= 15 is 0 Å². The lowest BCUT2D eigenvalue weighted by atomic mass is 10.1. The van der Waals surface area contributed by atoms with Gasteiger partial charge in [-0.3, -0.25) is 14.2 Å². The molecule has 1 amide bonds. The number of carbonyl (C=O) groups excluding carboxylic acids is 2. The first-order valence-corrected chi connectivity index (χ1v) is 9.91. The Balaban J connectivity index is 1.54. The van der Waals surface area contributed by atoms with Crippen LogP contribution in [-0.4, -0.2) is 44.7 Å². The molecule has 5 rings (SSSR count). The van der Waals surface area contributed by atoms with E-state index in [4.69, 9.17) is 0 Å². The molecule has 1 unspecified atom stereocenters. The number of imidazole rings is 1. The predicted molar refractivity (Wildman–Crippen MR) is 109 cm³/mol. The Labute approximate surface area is 171 Å². The van der Waals surface area contributed by atoms with Crippen LogP contribution in [0.3, 0.4) is 0 Å². The van der Waals surface area contributed by atoms with Crippen molar-refractivity contribution in [1.82, 2.24) is 14.0 Å². The van der Waals surface area contributed by atoms with E-state index in [-0.39, 0.29) is 42.4 Å². The first-order valence-electron chi connectivity index (χ1n) is 9.91. The Morgan fingerprint density at radius 1 is 1.13 bits per heavy atom. The van der Waals surface area contributed by atoms with Gasteiger partial charge in [-0.1, -0.05) is 36.4 Å². The highest BCUT2D eigenvalue weighted by molar-refractivity contribution is 5.90. The van der Waals surface area contributed by atoms with E-state index in [1.54, 1.807) is 15.5 Å². The van der Waals surface area contributed by atoms with Crippen molar-refractivity contribution in [2.24, 2.45) is 0 Å². The number of likely N-dealkylation sites (tertiary alicyclic amines) is 1. The van der Waals surface area contributed by atoms with E-state index in [2.05, 4.69) is 4.74 Å². The Kier molecular flexibility index (Phi) is 4.16. The van der Waals surface area contributed by atoms with E-state index in [1.807, 2.05) is 36.4 Å². The summed E-state index contributed by atoms with van der Waals surface area (Å²) in [6.07, 6.45) is 0.655. The smallest absolute Gasteiger partial charge is 0.336 e. The third-order valence-electron chi connectivity index (χ3n) is 6.16. The summed E-state index contributed by atoms with van der Waals surface area (Å²) < 4.78 is 7.55. The fourth-order valence-corrected chi connectivity index (χ4v) is 4.80. The first kappa shape index (κ1) is 18.5. The van der Waals surface area contributed by atoms with Crippen LogP contribution in [-0.2, 0) is 14.3 Å². The standard InChI is InChI=1S/C22H21N3O5/c1-30-19(27)10-9-18(26)23-12-14-11-17(23)20-21(28)25(22(29)24(14)20)16-8-4-6-13-5-2-3-7-15(13)16/h2-8,14,17,28H,9-12H2,1H3/t14-,17?/m1/s1. The van der Waals surface area contributed by atoms with Gasteiger partial charge in [-0.2, -0.15) is 0 Å². The molecule has 2 aliphatic rings. The highest BCUT2D eigenvalue weighted by Crippen LogP contribution is 2.49.